The maximum atomic E-state index is 6.04. The van der Waals surface area contributed by atoms with E-state index in [0.717, 1.165) is 35.5 Å². The van der Waals surface area contributed by atoms with Crippen LogP contribution in [0.4, 0.5) is 0 Å². The van der Waals surface area contributed by atoms with Crippen LogP contribution in [0.1, 0.15) is 12.0 Å². The third kappa shape index (κ3) is 5.50. The van der Waals surface area contributed by atoms with Crippen molar-refractivity contribution in [3.63, 3.8) is 0 Å². The highest BCUT2D eigenvalue weighted by molar-refractivity contribution is 5.85. The Bertz CT molecular complexity index is 858. The number of benzene rings is 2. The smallest absolute Gasteiger partial charge is 0.241 e. The molecule has 0 fully saturated rings. The van der Waals surface area contributed by atoms with Crippen molar-refractivity contribution >= 4 is 12.4 Å². The molecule has 6 heteroatoms. The molecule has 2 aromatic carbocycles. The standard InChI is InChI=1S/C22H27N3O2.ClH/c1-17-6-8-18(9-7-17)21-16-25(19-10-12-20(26-4)13-11-19)23-22(21)27-15-5-14-24(2)3;/h6-13,16H,5,14-15H2,1-4H3;1H. The van der Waals surface area contributed by atoms with E-state index < -0.39 is 0 Å². The highest BCUT2D eigenvalue weighted by Gasteiger charge is 2.14. The Hall–Kier alpha value is -2.50. The summed E-state index contributed by atoms with van der Waals surface area (Å²) >= 11 is 0. The van der Waals surface area contributed by atoms with Gasteiger partial charge in [0.2, 0.25) is 5.88 Å². The summed E-state index contributed by atoms with van der Waals surface area (Å²) in [7, 11) is 5.80. The summed E-state index contributed by atoms with van der Waals surface area (Å²) in [6, 6.07) is 16.3. The van der Waals surface area contributed by atoms with Crippen molar-refractivity contribution in [1.82, 2.24) is 14.7 Å². The Morgan fingerprint density at radius 1 is 1.00 bits per heavy atom. The second kappa shape index (κ2) is 10.2. The van der Waals surface area contributed by atoms with Crippen molar-refractivity contribution in [2.24, 2.45) is 0 Å². The monoisotopic (exact) mass is 401 g/mol. The van der Waals surface area contributed by atoms with Crippen LogP contribution in [0, 0.1) is 6.92 Å². The Morgan fingerprint density at radius 2 is 1.68 bits per heavy atom. The summed E-state index contributed by atoms with van der Waals surface area (Å²) in [6.07, 6.45) is 2.98. The van der Waals surface area contributed by atoms with Crippen molar-refractivity contribution in [2.75, 3.05) is 34.4 Å². The first-order valence-corrected chi connectivity index (χ1v) is 9.15. The number of hydrogen-bond acceptors (Lipinski definition) is 4. The van der Waals surface area contributed by atoms with E-state index in [1.807, 2.05) is 35.1 Å². The highest BCUT2D eigenvalue weighted by Crippen LogP contribution is 2.30. The fraction of sp³-hybridized carbons (Fsp3) is 0.318. The van der Waals surface area contributed by atoms with Gasteiger partial charge in [0.1, 0.15) is 5.75 Å². The predicted molar refractivity (Wildman–Crippen MR) is 116 cm³/mol. The Balaban J connectivity index is 0.00000280. The van der Waals surface area contributed by atoms with Gasteiger partial charge < -0.3 is 14.4 Å². The van der Waals surface area contributed by atoms with E-state index in [1.54, 1.807) is 7.11 Å². The second-order valence-corrected chi connectivity index (χ2v) is 6.86. The van der Waals surface area contributed by atoms with Gasteiger partial charge in [0.05, 0.1) is 25.0 Å². The molecular weight excluding hydrogens is 374 g/mol. The van der Waals surface area contributed by atoms with Gasteiger partial charge in [-0.05, 0) is 57.3 Å². The molecule has 28 heavy (non-hydrogen) atoms. The predicted octanol–water partition coefficient (Wildman–Crippen LogP) is 4.61. The molecule has 0 spiro atoms. The van der Waals surface area contributed by atoms with Crippen LogP contribution in [0.15, 0.2) is 54.7 Å². The Labute approximate surface area is 173 Å². The van der Waals surface area contributed by atoms with E-state index in [1.165, 1.54) is 5.56 Å². The number of aryl methyl sites for hydroxylation is 1. The van der Waals surface area contributed by atoms with Gasteiger partial charge in [0, 0.05) is 12.7 Å². The van der Waals surface area contributed by atoms with E-state index in [2.05, 4.69) is 50.2 Å². The lowest BCUT2D eigenvalue weighted by Crippen LogP contribution is -2.15. The van der Waals surface area contributed by atoms with Crippen LogP contribution in [0.25, 0.3) is 16.8 Å². The van der Waals surface area contributed by atoms with E-state index in [0.29, 0.717) is 12.5 Å². The average Bonchev–Trinajstić information content (AvgIpc) is 3.10. The van der Waals surface area contributed by atoms with Crippen molar-refractivity contribution in [2.45, 2.75) is 13.3 Å². The first-order chi connectivity index (χ1) is 13.1. The van der Waals surface area contributed by atoms with Crippen molar-refractivity contribution in [3.05, 3.63) is 60.3 Å². The third-order valence-electron chi connectivity index (χ3n) is 4.37. The van der Waals surface area contributed by atoms with Crippen molar-refractivity contribution < 1.29 is 9.47 Å². The number of methoxy groups -OCH3 is 1. The van der Waals surface area contributed by atoms with Crippen LogP contribution < -0.4 is 9.47 Å². The molecule has 5 nitrogen and oxygen atoms in total. The molecule has 1 heterocycles. The summed E-state index contributed by atoms with van der Waals surface area (Å²) in [5.74, 6) is 1.48. The van der Waals surface area contributed by atoms with E-state index in [9.17, 15) is 0 Å². The summed E-state index contributed by atoms with van der Waals surface area (Å²) in [5, 5.41) is 4.69. The van der Waals surface area contributed by atoms with Gasteiger partial charge in [0.15, 0.2) is 0 Å². The number of halogens is 1. The fourth-order valence-electron chi connectivity index (χ4n) is 2.81. The lowest BCUT2D eigenvalue weighted by atomic mass is 10.1. The van der Waals surface area contributed by atoms with Crippen LogP contribution >= 0.6 is 12.4 Å². The van der Waals surface area contributed by atoms with Crippen LogP contribution in [-0.2, 0) is 0 Å². The Morgan fingerprint density at radius 3 is 2.29 bits per heavy atom. The minimum atomic E-state index is 0. The van der Waals surface area contributed by atoms with Gasteiger partial charge in [-0.25, -0.2) is 4.68 Å². The molecular formula is C22H28ClN3O2. The normalized spacial score (nSPS) is 10.6. The molecule has 3 aromatic rings. The van der Waals surface area contributed by atoms with Crippen molar-refractivity contribution in [1.29, 1.82) is 0 Å². The third-order valence-corrected chi connectivity index (χ3v) is 4.37. The van der Waals surface area contributed by atoms with Crippen LogP contribution in [-0.4, -0.2) is 49.0 Å². The number of hydrogen-bond donors (Lipinski definition) is 0. The zero-order chi connectivity index (χ0) is 19.2. The molecule has 0 N–H and O–H groups in total. The maximum Gasteiger partial charge on any atom is 0.241 e. The van der Waals surface area contributed by atoms with Crippen molar-refractivity contribution in [3.8, 4) is 28.4 Å². The molecule has 0 saturated heterocycles. The van der Waals surface area contributed by atoms with Gasteiger partial charge in [-0.2, -0.15) is 0 Å². The molecule has 0 radical (unpaired) electrons. The fourth-order valence-corrected chi connectivity index (χ4v) is 2.81. The van der Waals surface area contributed by atoms with E-state index in [4.69, 9.17) is 14.6 Å². The molecule has 0 aliphatic rings. The molecule has 0 saturated carbocycles. The summed E-state index contributed by atoms with van der Waals surface area (Å²) in [4.78, 5) is 2.15. The molecule has 3 rings (SSSR count). The molecule has 0 amide bonds. The molecule has 0 bridgehead atoms. The average molecular weight is 402 g/mol. The molecule has 0 aliphatic carbocycles. The number of rotatable bonds is 8. The number of nitrogens with zero attached hydrogens (tertiary/aromatic N) is 3. The van der Waals surface area contributed by atoms with Crippen LogP contribution in [0.3, 0.4) is 0 Å². The first kappa shape index (κ1) is 21.8. The largest absolute Gasteiger partial charge is 0.497 e. The minimum absolute atomic E-state index is 0. The van der Waals surface area contributed by atoms with E-state index in [-0.39, 0.29) is 12.4 Å². The summed E-state index contributed by atoms with van der Waals surface area (Å²) in [5.41, 5.74) is 4.29. The quantitative estimate of drug-likeness (QED) is 0.517. The Kier molecular flexibility index (Phi) is 7.91. The number of ether oxygens (including phenoxy) is 2. The lowest BCUT2D eigenvalue weighted by molar-refractivity contribution is 0.273. The molecule has 0 unspecified atom stereocenters. The molecule has 150 valence electrons. The zero-order valence-electron chi connectivity index (χ0n) is 16.9. The molecule has 1 aromatic heterocycles. The molecule has 0 atom stereocenters. The van der Waals surface area contributed by atoms with Gasteiger partial charge >= 0.3 is 0 Å². The van der Waals surface area contributed by atoms with Gasteiger partial charge in [-0.15, -0.1) is 17.5 Å². The SMILES string of the molecule is COc1ccc(-n2cc(-c3ccc(C)cc3)c(OCCCN(C)C)n2)cc1.Cl. The zero-order valence-corrected chi connectivity index (χ0v) is 17.7. The maximum absolute atomic E-state index is 6.04. The number of aromatic nitrogens is 2. The van der Waals surface area contributed by atoms with Gasteiger partial charge in [-0.1, -0.05) is 29.8 Å². The molecule has 0 aliphatic heterocycles. The van der Waals surface area contributed by atoms with Crippen LogP contribution in [0.5, 0.6) is 11.6 Å². The summed E-state index contributed by atoms with van der Waals surface area (Å²) < 4.78 is 13.1. The van der Waals surface area contributed by atoms with E-state index >= 15 is 0 Å². The summed E-state index contributed by atoms with van der Waals surface area (Å²) in [6.45, 7) is 3.71. The first-order valence-electron chi connectivity index (χ1n) is 9.15. The van der Waals surface area contributed by atoms with Gasteiger partial charge in [0.25, 0.3) is 0 Å². The van der Waals surface area contributed by atoms with Gasteiger partial charge in [-0.3, -0.25) is 0 Å². The second-order valence-electron chi connectivity index (χ2n) is 6.86. The highest BCUT2D eigenvalue weighted by atomic mass is 35.5. The topological polar surface area (TPSA) is 39.5 Å². The lowest BCUT2D eigenvalue weighted by Gasteiger charge is -2.10. The van der Waals surface area contributed by atoms with Crippen LogP contribution in [0.2, 0.25) is 0 Å². The minimum Gasteiger partial charge on any atom is -0.497 e.